The van der Waals surface area contributed by atoms with E-state index in [4.69, 9.17) is 0 Å². The topological polar surface area (TPSA) is 79.8 Å². The number of anilines is 2. The number of aromatic nitrogens is 3. The van der Waals surface area contributed by atoms with Crippen molar-refractivity contribution in [2.45, 2.75) is 32.7 Å². The smallest absolute Gasteiger partial charge is 0.255 e. The third-order valence-electron chi connectivity index (χ3n) is 5.26. The van der Waals surface area contributed by atoms with Crippen molar-refractivity contribution >= 4 is 39.0 Å². The molecule has 1 amide bonds. The molecule has 5 rings (SSSR count). The molecule has 1 aliphatic rings. The van der Waals surface area contributed by atoms with Crippen LogP contribution >= 0.6 is 11.3 Å². The molecular formula is C23H21N5OS. The van der Waals surface area contributed by atoms with E-state index in [1.54, 1.807) is 35.9 Å². The maximum absolute atomic E-state index is 12.4. The average molecular weight is 416 g/mol. The number of hydrogen-bond donors (Lipinski definition) is 2. The molecule has 0 saturated carbocycles. The number of thiophene rings is 1. The van der Waals surface area contributed by atoms with Crippen LogP contribution in [0.5, 0.6) is 0 Å². The van der Waals surface area contributed by atoms with Gasteiger partial charge >= 0.3 is 0 Å². The Bertz CT molecular complexity index is 1240. The number of carbonyl (C=O) groups is 1. The van der Waals surface area contributed by atoms with E-state index in [1.165, 1.54) is 22.2 Å². The summed E-state index contributed by atoms with van der Waals surface area (Å²) in [5.41, 5.74) is 3.82. The van der Waals surface area contributed by atoms with Gasteiger partial charge in [-0.05, 0) is 61.6 Å². The third kappa shape index (κ3) is 3.64. The lowest BCUT2D eigenvalue weighted by atomic mass is 10.1. The number of nitrogens with one attached hydrogen (secondary N) is 2. The van der Waals surface area contributed by atoms with Gasteiger partial charge in [0, 0.05) is 35.1 Å². The van der Waals surface area contributed by atoms with Crippen molar-refractivity contribution in [3.63, 3.8) is 0 Å². The van der Waals surface area contributed by atoms with E-state index in [1.807, 2.05) is 31.2 Å². The number of pyridine rings is 1. The zero-order chi connectivity index (χ0) is 20.5. The van der Waals surface area contributed by atoms with Gasteiger partial charge < -0.3 is 10.6 Å². The molecule has 7 heteroatoms. The number of rotatable bonds is 5. The van der Waals surface area contributed by atoms with Crippen LogP contribution in [0, 0.1) is 6.92 Å². The number of hydrogen-bond acceptors (Lipinski definition) is 6. The summed E-state index contributed by atoms with van der Waals surface area (Å²) in [7, 11) is 0. The summed E-state index contributed by atoms with van der Waals surface area (Å²) in [5.74, 6) is 1.54. The molecule has 6 nitrogen and oxygen atoms in total. The second kappa shape index (κ2) is 7.84. The summed E-state index contributed by atoms with van der Waals surface area (Å²) in [6, 6.07) is 11.3. The predicted molar refractivity (Wildman–Crippen MR) is 120 cm³/mol. The quantitative estimate of drug-likeness (QED) is 0.492. The van der Waals surface area contributed by atoms with E-state index in [9.17, 15) is 4.79 Å². The summed E-state index contributed by atoms with van der Waals surface area (Å²) in [6.45, 7) is 2.56. The monoisotopic (exact) mass is 415 g/mol. The van der Waals surface area contributed by atoms with Crippen LogP contribution in [-0.4, -0.2) is 20.9 Å². The number of fused-ring (bicyclic) bond motifs is 3. The SMILES string of the molecule is Cc1nc(NCc2cccc(NC(=O)c3ccncc3)c2)c2c3c(sc2n1)CCC3. The van der Waals surface area contributed by atoms with Gasteiger partial charge in [-0.15, -0.1) is 11.3 Å². The maximum atomic E-state index is 12.4. The molecule has 0 radical (unpaired) electrons. The Balaban J connectivity index is 1.35. The van der Waals surface area contributed by atoms with E-state index < -0.39 is 0 Å². The van der Waals surface area contributed by atoms with Gasteiger partial charge in [0.25, 0.3) is 5.91 Å². The van der Waals surface area contributed by atoms with Crippen molar-refractivity contribution in [3.05, 3.63) is 76.2 Å². The fourth-order valence-corrected chi connectivity index (χ4v) is 5.19. The van der Waals surface area contributed by atoms with Crippen LogP contribution in [0.1, 0.15) is 38.6 Å². The van der Waals surface area contributed by atoms with E-state index in [0.717, 1.165) is 40.6 Å². The van der Waals surface area contributed by atoms with E-state index in [-0.39, 0.29) is 5.91 Å². The Morgan fingerprint density at radius 2 is 2.00 bits per heavy atom. The van der Waals surface area contributed by atoms with Crippen molar-refractivity contribution in [2.75, 3.05) is 10.6 Å². The molecule has 3 heterocycles. The first kappa shape index (κ1) is 18.7. The second-order valence-corrected chi connectivity index (χ2v) is 8.48. The Hall–Kier alpha value is -3.32. The molecular weight excluding hydrogens is 394 g/mol. The predicted octanol–water partition coefficient (Wildman–Crippen LogP) is 4.75. The highest BCUT2D eigenvalue weighted by Crippen LogP contribution is 2.39. The first-order valence-electron chi connectivity index (χ1n) is 10.0. The van der Waals surface area contributed by atoms with E-state index >= 15 is 0 Å². The molecule has 0 atom stereocenters. The highest BCUT2D eigenvalue weighted by molar-refractivity contribution is 7.19. The van der Waals surface area contributed by atoms with Crippen molar-refractivity contribution < 1.29 is 4.79 Å². The van der Waals surface area contributed by atoms with Crippen molar-refractivity contribution in [3.8, 4) is 0 Å². The number of aryl methyl sites for hydroxylation is 3. The Morgan fingerprint density at radius 3 is 2.87 bits per heavy atom. The summed E-state index contributed by atoms with van der Waals surface area (Å²) in [5, 5.41) is 7.64. The lowest BCUT2D eigenvalue weighted by molar-refractivity contribution is 0.102. The standard InChI is InChI=1S/C23H21N5OS/c1-14-26-21(20-18-6-3-7-19(18)30-23(20)27-14)25-13-15-4-2-5-17(12-15)28-22(29)16-8-10-24-11-9-16/h2,4-5,8-12H,3,6-7,13H2,1H3,(H,28,29)(H,25,26,27). The highest BCUT2D eigenvalue weighted by atomic mass is 32.1. The first-order valence-corrected chi connectivity index (χ1v) is 10.8. The van der Waals surface area contributed by atoms with Gasteiger partial charge in [-0.1, -0.05) is 12.1 Å². The van der Waals surface area contributed by atoms with Crippen molar-refractivity contribution in [1.82, 2.24) is 15.0 Å². The van der Waals surface area contributed by atoms with Gasteiger partial charge in [0.15, 0.2) is 0 Å². The molecule has 150 valence electrons. The lowest BCUT2D eigenvalue weighted by Gasteiger charge is -2.11. The molecule has 4 aromatic rings. The zero-order valence-electron chi connectivity index (χ0n) is 16.6. The average Bonchev–Trinajstić information content (AvgIpc) is 3.34. The zero-order valence-corrected chi connectivity index (χ0v) is 17.4. The number of carbonyl (C=O) groups excluding carboxylic acids is 1. The fraction of sp³-hybridized carbons (Fsp3) is 0.217. The Morgan fingerprint density at radius 1 is 1.13 bits per heavy atom. The molecule has 3 aromatic heterocycles. The molecule has 0 fully saturated rings. The third-order valence-corrected chi connectivity index (χ3v) is 6.45. The largest absolute Gasteiger partial charge is 0.365 e. The molecule has 1 aromatic carbocycles. The minimum atomic E-state index is -0.149. The van der Waals surface area contributed by atoms with Gasteiger partial charge in [-0.25, -0.2) is 9.97 Å². The van der Waals surface area contributed by atoms with Crippen LogP contribution in [-0.2, 0) is 19.4 Å². The minimum absolute atomic E-state index is 0.149. The van der Waals surface area contributed by atoms with Gasteiger partial charge in [0.2, 0.25) is 0 Å². The van der Waals surface area contributed by atoms with E-state index in [2.05, 4.69) is 25.6 Å². The van der Waals surface area contributed by atoms with Crippen LogP contribution < -0.4 is 10.6 Å². The molecule has 0 saturated heterocycles. The molecule has 30 heavy (non-hydrogen) atoms. The molecule has 0 spiro atoms. The van der Waals surface area contributed by atoms with Crippen molar-refractivity contribution in [2.24, 2.45) is 0 Å². The fourth-order valence-electron chi connectivity index (χ4n) is 3.88. The second-order valence-electron chi connectivity index (χ2n) is 7.40. The molecule has 0 aliphatic heterocycles. The van der Waals surface area contributed by atoms with Gasteiger partial charge in [0.05, 0.1) is 5.39 Å². The minimum Gasteiger partial charge on any atom is -0.365 e. The van der Waals surface area contributed by atoms with Gasteiger partial charge in [-0.2, -0.15) is 0 Å². The summed E-state index contributed by atoms with van der Waals surface area (Å²) >= 11 is 1.80. The van der Waals surface area contributed by atoms with Crippen LogP contribution in [0.4, 0.5) is 11.5 Å². The summed E-state index contributed by atoms with van der Waals surface area (Å²) in [6.07, 6.45) is 6.69. The number of benzene rings is 1. The summed E-state index contributed by atoms with van der Waals surface area (Å²) in [4.78, 5) is 28.2. The normalized spacial score (nSPS) is 12.7. The molecule has 2 N–H and O–H groups in total. The maximum Gasteiger partial charge on any atom is 0.255 e. The summed E-state index contributed by atoms with van der Waals surface area (Å²) < 4.78 is 0. The highest BCUT2D eigenvalue weighted by Gasteiger charge is 2.21. The molecule has 1 aliphatic carbocycles. The number of nitrogens with zero attached hydrogens (tertiary/aromatic N) is 3. The Labute approximate surface area is 178 Å². The molecule has 0 unspecified atom stereocenters. The lowest BCUT2D eigenvalue weighted by Crippen LogP contribution is -2.12. The van der Waals surface area contributed by atoms with Crippen molar-refractivity contribution in [1.29, 1.82) is 0 Å². The van der Waals surface area contributed by atoms with Crippen LogP contribution in [0.25, 0.3) is 10.2 Å². The van der Waals surface area contributed by atoms with E-state index in [0.29, 0.717) is 12.1 Å². The number of amides is 1. The molecule has 0 bridgehead atoms. The first-order chi connectivity index (χ1) is 14.7. The Kier molecular flexibility index (Phi) is 4.88. The van der Waals surface area contributed by atoms with Gasteiger partial charge in [0.1, 0.15) is 16.5 Å². The van der Waals surface area contributed by atoms with Gasteiger partial charge in [-0.3, -0.25) is 9.78 Å². The van der Waals surface area contributed by atoms with Crippen LogP contribution in [0.15, 0.2) is 48.8 Å². The van der Waals surface area contributed by atoms with Crippen LogP contribution in [0.3, 0.4) is 0 Å². The van der Waals surface area contributed by atoms with Crippen LogP contribution in [0.2, 0.25) is 0 Å².